The van der Waals surface area contributed by atoms with Crippen LogP contribution >= 0.6 is 0 Å². The first-order valence-electron chi connectivity index (χ1n) is 11.0. The zero-order chi connectivity index (χ0) is 21.2. The molecule has 162 valence electrons. The lowest BCUT2D eigenvalue weighted by atomic mass is 10.1. The standard InChI is InChI=1S/C24H34N4O2/c1-3-18(2)14-27-24(29)23-10-5-9-22(28-23)20-8-4-7-19(13-20)15-26-17-21-16-25-11-6-12-30-21/h4-5,7-10,13,18,21,25-26H,3,6,11-12,14-17H2,1-2H3,(H,27,29)/t18-,21?/m0/s1. The maximum Gasteiger partial charge on any atom is 0.269 e. The van der Waals surface area contributed by atoms with Crippen LogP contribution in [0.25, 0.3) is 11.3 Å². The van der Waals surface area contributed by atoms with Crippen LogP contribution in [0.5, 0.6) is 0 Å². The van der Waals surface area contributed by atoms with Crippen LogP contribution in [0.15, 0.2) is 42.5 Å². The van der Waals surface area contributed by atoms with Crippen LogP contribution in [0.1, 0.15) is 42.7 Å². The van der Waals surface area contributed by atoms with E-state index in [0.717, 1.165) is 56.9 Å². The number of pyridine rings is 1. The van der Waals surface area contributed by atoms with Gasteiger partial charge in [-0.2, -0.15) is 0 Å². The summed E-state index contributed by atoms with van der Waals surface area (Å²) in [6, 6.07) is 13.9. The van der Waals surface area contributed by atoms with Gasteiger partial charge in [0.25, 0.3) is 5.91 Å². The van der Waals surface area contributed by atoms with E-state index in [1.54, 1.807) is 6.07 Å². The highest BCUT2D eigenvalue weighted by molar-refractivity contribution is 5.92. The number of carbonyl (C=O) groups excluding carboxylic acids is 1. The minimum Gasteiger partial charge on any atom is -0.376 e. The van der Waals surface area contributed by atoms with Crippen molar-refractivity contribution in [2.75, 3.05) is 32.8 Å². The molecule has 1 unspecified atom stereocenters. The van der Waals surface area contributed by atoms with E-state index < -0.39 is 0 Å². The van der Waals surface area contributed by atoms with Gasteiger partial charge in [-0.3, -0.25) is 4.79 Å². The van der Waals surface area contributed by atoms with Crippen LogP contribution in [0, 0.1) is 5.92 Å². The molecular formula is C24H34N4O2. The van der Waals surface area contributed by atoms with Gasteiger partial charge in [-0.15, -0.1) is 0 Å². The highest BCUT2D eigenvalue weighted by Gasteiger charge is 2.12. The topological polar surface area (TPSA) is 75.3 Å². The molecule has 1 aromatic carbocycles. The van der Waals surface area contributed by atoms with Crippen molar-refractivity contribution < 1.29 is 9.53 Å². The molecule has 1 saturated heterocycles. The second-order valence-corrected chi connectivity index (χ2v) is 8.01. The Kier molecular flexibility index (Phi) is 8.81. The number of amides is 1. The van der Waals surface area contributed by atoms with E-state index in [2.05, 4.69) is 46.9 Å². The summed E-state index contributed by atoms with van der Waals surface area (Å²) < 4.78 is 5.84. The predicted molar refractivity (Wildman–Crippen MR) is 120 cm³/mol. The first-order valence-corrected chi connectivity index (χ1v) is 11.0. The molecule has 2 atom stereocenters. The molecule has 1 aliphatic heterocycles. The van der Waals surface area contributed by atoms with Crippen molar-refractivity contribution in [3.8, 4) is 11.3 Å². The Labute approximate surface area is 179 Å². The Bertz CT molecular complexity index is 803. The number of aromatic nitrogens is 1. The van der Waals surface area contributed by atoms with Crippen molar-refractivity contribution in [3.05, 3.63) is 53.7 Å². The highest BCUT2D eigenvalue weighted by Crippen LogP contribution is 2.19. The van der Waals surface area contributed by atoms with Gasteiger partial charge in [-0.1, -0.05) is 44.5 Å². The number of benzene rings is 1. The van der Waals surface area contributed by atoms with Crippen molar-refractivity contribution in [1.82, 2.24) is 20.9 Å². The van der Waals surface area contributed by atoms with E-state index in [9.17, 15) is 4.79 Å². The summed E-state index contributed by atoms with van der Waals surface area (Å²) in [6.45, 7) is 9.25. The molecule has 2 heterocycles. The van der Waals surface area contributed by atoms with Crippen LogP contribution in [-0.2, 0) is 11.3 Å². The average Bonchev–Trinajstić information content (AvgIpc) is 3.06. The van der Waals surface area contributed by atoms with Gasteiger partial charge in [0.05, 0.1) is 11.8 Å². The van der Waals surface area contributed by atoms with E-state index >= 15 is 0 Å². The molecule has 0 aliphatic carbocycles. The molecule has 3 N–H and O–H groups in total. The largest absolute Gasteiger partial charge is 0.376 e. The summed E-state index contributed by atoms with van der Waals surface area (Å²) in [6.07, 6.45) is 2.32. The fourth-order valence-electron chi connectivity index (χ4n) is 3.34. The molecule has 1 aliphatic rings. The van der Waals surface area contributed by atoms with Crippen molar-refractivity contribution in [2.45, 2.75) is 39.3 Å². The summed E-state index contributed by atoms with van der Waals surface area (Å²) >= 11 is 0. The molecule has 2 aromatic rings. The van der Waals surface area contributed by atoms with Gasteiger partial charge in [0.1, 0.15) is 5.69 Å². The molecule has 30 heavy (non-hydrogen) atoms. The van der Waals surface area contributed by atoms with Crippen LogP contribution in [0.4, 0.5) is 0 Å². The maximum absolute atomic E-state index is 12.4. The Morgan fingerprint density at radius 3 is 3.03 bits per heavy atom. The third kappa shape index (κ3) is 6.90. The highest BCUT2D eigenvalue weighted by atomic mass is 16.5. The number of hydrogen-bond donors (Lipinski definition) is 3. The second-order valence-electron chi connectivity index (χ2n) is 8.01. The lowest BCUT2D eigenvalue weighted by molar-refractivity contribution is 0.0668. The molecule has 1 amide bonds. The van der Waals surface area contributed by atoms with E-state index in [-0.39, 0.29) is 12.0 Å². The predicted octanol–water partition coefficient (Wildman–Crippen LogP) is 2.99. The molecule has 0 spiro atoms. The van der Waals surface area contributed by atoms with Gasteiger partial charge in [-0.05, 0) is 42.6 Å². The van der Waals surface area contributed by atoms with Gasteiger partial charge in [0.15, 0.2) is 0 Å². The summed E-state index contributed by atoms with van der Waals surface area (Å²) in [5.74, 6) is 0.340. The summed E-state index contributed by atoms with van der Waals surface area (Å²) in [7, 11) is 0. The van der Waals surface area contributed by atoms with Gasteiger partial charge in [-0.25, -0.2) is 4.98 Å². The monoisotopic (exact) mass is 410 g/mol. The van der Waals surface area contributed by atoms with E-state index in [4.69, 9.17) is 4.74 Å². The zero-order valence-corrected chi connectivity index (χ0v) is 18.1. The van der Waals surface area contributed by atoms with Gasteiger partial charge >= 0.3 is 0 Å². The zero-order valence-electron chi connectivity index (χ0n) is 18.1. The lowest BCUT2D eigenvalue weighted by Gasteiger charge is -2.16. The minimum absolute atomic E-state index is 0.119. The second kappa shape index (κ2) is 11.8. The number of ether oxygens (including phenoxy) is 1. The normalized spacial score (nSPS) is 17.9. The summed E-state index contributed by atoms with van der Waals surface area (Å²) in [4.78, 5) is 17.0. The van der Waals surface area contributed by atoms with Crippen LogP contribution in [0.3, 0.4) is 0 Å². The van der Waals surface area contributed by atoms with Crippen LogP contribution in [0.2, 0.25) is 0 Å². The van der Waals surface area contributed by atoms with E-state index in [0.29, 0.717) is 18.2 Å². The number of hydrogen-bond acceptors (Lipinski definition) is 5. The molecule has 1 fully saturated rings. The Morgan fingerprint density at radius 1 is 1.30 bits per heavy atom. The first-order chi connectivity index (χ1) is 14.7. The summed E-state index contributed by atoms with van der Waals surface area (Å²) in [5.41, 5.74) is 3.46. The number of nitrogens with zero attached hydrogens (tertiary/aromatic N) is 1. The SMILES string of the molecule is CC[C@H](C)CNC(=O)c1cccc(-c2cccc(CNCC3CNCCCO3)c2)n1. The van der Waals surface area contributed by atoms with E-state index in [1.807, 2.05) is 24.3 Å². The van der Waals surface area contributed by atoms with Gasteiger partial charge < -0.3 is 20.7 Å². The smallest absolute Gasteiger partial charge is 0.269 e. The maximum atomic E-state index is 12.4. The molecule has 6 nitrogen and oxygen atoms in total. The fourth-order valence-corrected chi connectivity index (χ4v) is 3.34. The minimum atomic E-state index is -0.119. The molecule has 1 aromatic heterocycles. The lowest BCUT2D eigenvalue weighted by Crippen LogP contribution is -2.35. The Balaban J connectivity index is 1.59. The number of nitrogens with one attached hydrogen (secondary N) is 3. The molecular weight excluding hydrogens is 376 g/mol. The molecule has 0 bridgehead atoms. The Morgan fingerprint density at radius 2 is 2.17 bits per heavy atom. The van der Waals surface area contributed by atoms with Crippen molar-refractivity contribution in [1.29, 1.82) is 0 Å². The molecule has 0 saturated carbocycles. The van der Waals surface area contributed by atoms with E-state index in [1.165, 1.54) is 5.56 Å². The van der Waals surface area contributed by atoms with Crippen LogP contribution < -0.4 is 16.0 Å². The summed E-state index contributed by atoms with van der Waals surface area (Å²) in [5, 5.41) is 9.87. The molecule has 0 radical (unpaired) electrons. The quantitative estimate of drug-likeness (QED) is 0.593. The third-order valence-corrected chi connectivity index (χ3v) is 5.44. The molecule has 6 heteroatoms. The van der Waals surface area contributed by atoms with Crippen molar-refractivity contribution >= 4 is 5.91 Å². The first kappa shape index (κ1) is 22.4. The fraction of sp³-hybridized carbons (Fsp3) is 0.500. The van der Waals surface area contributed by atoms with Gasteiger partial charge in [0, 0.05) is 38.3 Å². The number of carbonyl (C=O) groups is 1. The molecule has 3 rings (SSSR count). The van der Waals surface area contributed by atoms with Gasteiger partial charge in [0.2, 0.25) is 0 Å². The van der Waals surface area contributed by atoms with Crippen molar-refractivity contribution in [3.63, 3.8) is 0 Å². The third-order valence-electron chi connectivity index (χ3n) is 5.44. The average molecular weight is 411 g/mol. The van der Waals surface area contributed by atoms with Crippen LogP contribution in [-0.4, -0.2) is 49.8 Å². The van der Waals surface area contributed by atoms with Crippen molar-refractivity contribution in [2.24, 2.45) is 5.92 Å². The number of rotatable bonds is 9. The Hall–Kier alpha value is -2.28.